The molecule has 33 heavy (non-hydrogen) atoms. The molecular weight excluding hydrogens is 447 g/mol. The summed E-state index contributed by atoms with van der Waals surface area (Å²) in [5.74, 6) is 0.655. The number of halogens is 1. The van der Waals surface area contributed by atoms with Crippen LogP contribution in [0.1, 0.15) is 24.6 Å². The smallest absolute Gasteiger partial charge is 0.321 e. The maximum absolute atomic E-state index is 13.2. The second-order valence-corrected chi connectivity index (χ2v) is 7.85. The van der Waals surface area contributed by atoms with Gasteiger partial charge in [0.25, 0.3) is 5.91 Å². The van der Waals surface area contributed by atoms with Crippen LogP contribution in [0, 0.1) is 5.82 Å². The Kier molecular flexibility index (Phi) is 8.59. The number of hydrogen-bond donors (Lipinski definition) is 3. The first kappa shape index (κ1) is 24.0. The molecule has 1 unspecified atom stereocenters. The van der Waals surface area contributed by atoms with E-state index in [1.54, 1.807) is 48.9 Å². The molecule has 174 valence electrons. The Morgan fingerprint density at radius 3 is 2.55 bits per heavy atom. The van der Waals surface area contributed by atoms with Gasteiger partial charge < -0.3 is 20.1 Å². The van der Waals surface area contributed by atoms with Gasteiger partial charge in [0.1, 0.15) is 17.3 Å². The van der Waals surface area contributed by atoms with E-state index >= 15 is 0 Å². The number of thiazole rings is 1. The predicted octanol–water partition coefficient (Wildman–Crippen LogP) is 4.09. The molecule has 1 heterocycles. The summed E-state index contributed by atoms with van der Waals surface area (Å²) in [6, 6.07) is 12.5. The van der Waals surface area contributed by atoms with Crippen molar-refractivity contribution in [3.63, 3.8) is 0 Å². The number of rotatable bonds is 10. The zero-order valence-electron chi connectivity index (χ0n) is 18.3. The van der Waals surface area contributed by atoms with Gasteiger partial charge in [-0.2, -0.15) is 0 Å². The molecule has 10 heteroatoms. The zero-order valence-corrected chi connectivity index (χ0v) is 19.1. The van der Waals surface area contributed by atoms with Crippen molar-refractivity contribution in [2.24, 2.45) is 0 Å². The molecule has 0 saturated heterocycles. The molecule has 1 aromatic heterocycles. The van der Waals surface area contributed by atoms with E-state index in [1.807, 2.05) is 6.92 Å². The number of carbonyl (C=O) groups excluding carboxylic acids is 2. The van der Waals surface area contributed by atoms with Crippen molar-refractivity contribution < 1.29 is 23.5 Å². The quantitative estimate of drug-likeness (QED) is 0.413. The standard InChI is InChI=1S/C23H25FN4O4S/c1-3-20(32-19-9-7-18(31-2)8-10-19)21(29)25-13-17-14-33-23(27-17)28-22(30)26-12-15-5-4-6-16(24)11-15/h4-11,14,20H,3,12-13H2,1-2H3,(H,25,29)(H2,26,27,28,30). The molecule has 0 fully saturated rings. The van der Waals surface area contributed by atoms with Crippen molar-refractivity contribution in [1.29, 1.82) is 0 Å². The van der Waals surface area contributed by atoms with Crippen LogP contribution in [0.25, 0.3) is 0 Å². The van der Waals surface area contributed by atoms with Crippen LogP contribution in [0.5, 0.6) is 11.5 Å². The van der Waals surface area contributed by atoms with Gasteiger partial charge >= 0.3 is 6.03 Å². The highest BCUT2D eigenvalue weighted by atomic mass is 32.1. The van der Waals surface area contributed by atoms with Gasteiger partial charge in [-0.3, -0.25) is 10.1 Å². The van der Waals surface area contributed by atoms with E-state index in [0.717, 1.165) is 0 Å². The number of amides is 3. The van der Waals surface area contributed by atoms with Gasteiger partial charge in [0.15, 0.2) is 11.2 Å². The van der Waals surface area contributed by atoms with E-state index in [1.165, 1.54) is 23.5 Å². The van der Waals surface area contributed by atoms with Crippen molar-refractivity contribution in [2.75, 3.05) is 12.4 Å². The molecule has 3 aromatic rings. The summed E-state index contributed by atoms with van der Waals surface area (Å²) in [7, 11) is 1.58. The lowest BCUT2D eigenvalue weighted by Gasteiger charge is -2.17. The number of benzene rings is 2. The van der Waals surface area contributed by atoms with Gasteiger partial charge in [-0.05, 0) is 48.4 Å². The van der Waals surface area contributed by atoms with E-state index in [2.05, 4.69) is 20.9 Å². The highest BCUT2D eigenvalue weighted by Gasteiger charge is 2.18. The van der Waals surface area contributed by atoms with Gasteiger partial charge in [-0.25, -0.2) is 14.2 Å². The molecule has 1 atom stereocenters. The molecule has 0 radical (unpaired) electrons. The molecule has 0 aliphatic carbocycles. The highest BCUT2D eigenvalue weighted by molar-refractivity contribution is 7.13. The van der Waals surface area contributed by atoms with Gasteiger partial charge in [0.05, 0.1) is 19.3 Å². The van der Waals surface area contributed by atoms with Crippen molar-refractivity contribution >= 4 is 28.4 Å². The van der Waals surface area contributed by atoms with Crippen LogP contribution < -0.4 is 25.4 Å². The molecule has 2 aromatic carbocycles. The number of ether oxygens (including phenoxy) is 2. The van der Waals surface area contributed by atoms with Gasteiger partial charge in [0, 0.05) is 11.9 Å². The van der Waals surface area contributed by atoms with Crippen LogP contribution in [-0.4, -0.2) is 30.1 Å². The van der Waals surface area contributed by atoms with E-state index in [4.69, 9.17) is 9.47 Å². The predicted molar refractivity (Wildman–Crippen MR) is 124 cm³/mol. The van der Waals surface area contributed by atoms with Crippen molar-refractivity contribution in [3.05, 3.63) is 71.0 Å². The number of methoxy groups -OCH3 is 1. The third-order valence-corrected chi connectivity index (χ3v) is 5.37. The third kappa shape index (κ3) is 7.46. The first-order chi connectivity index (χ1) is 16.0. The molecule has 0 saturated carbocycles. The van der Waals surface area contributed by atoms with Crippen LogP contribution in [0.2, 0.25) is 0 Å². The normalized spacial score (nSPS) is 11.4. The fourth-order valence-corrected chi connectivity index (χ4v) is 3.55. The maximum atomic E-state index is 13.2. The van der Waals surface area contributed by atoms with E-state index < -0.39 is 12.1 Å². The minimum atomic E-state index is -0.650. The summed E-state index contributed by atoms with van der Waals surface area (Å²) in [6.45, 7) is 2.25. The Bertz CT molecular complexity index is 1070. The second kappa shape index (κ2) is 11.8. The Balaban J connectivity index is 1.44. The monoisotopic (exact) mass is 472 g/mol. The van der Waals surface area contributed by atoms with Gasteiger partial charge in [0.2, 0.25) is 0 Å². The number of carbonyl (C=O) groups is 2. The molecular formula is C23H25FN4O4S. The molecule has 0 bridgehead atoms. The first-order valence-electron chi connectivity index (χ1n) is 10.3. The number of anilines is 1. The van der Waals surface area contributed by atoms with Crippen LogP contribution in [0.4, 0.5) is 14.3 Å². The average molecular weight is 473 g/mol. The summed E-state index contributed by atoms with van der Waals surface area (Å²) >= 11 is 1.24. The number of nitrogens with one attached hydrogen (secondary N) is 3. The van der Waals surface area contributed by atoms with Crippen molar-refractivity contribution in [1.82, 2.24) is 15.6 Å². The Hall–Kier alpha value is -3.66. The van der Waals surface area contributed by atoms with E-state index in [-0.39, 0.29) is 24.8 Å². The summed E-state index contributed by atoms with van der Waals surface area (Å²) in [4.78, 5) is 28.9. The van der Waals surface area contributed by atoms with Crippen LogP contribution >= 0.6 is 11.3 Å². The molecule has 0 aliphatic heterocycles. The summed E-state index contributed by atoms with van der Waals surface area (Å²) in [5, 5.41) is 10.2. The summed E-state index contributed by atoms with van der Waals surface area (Å²) in [5.41, 5.74) is 1.25. The van der Waals surface area contributed by atoms with Gasteiger partial charge in [-0.15, -0.1) is 11.3 Å². The number of urea groups is 1. The minimum Gasteiger partial charge on any atom is -0.497 e. The number of hydrogen-bond acceptors (Lipinski definition) is 6. The average Bonchev–Trinajstić information content (AvgIpc) is 3.27. The fourth-order valence-electron chi connectivity index (χ4n) is 2.85. The SMILES string of the molecule is CCC(Oc1ccc(OC)cc1)C(=O)NCc1csc(NC(=O)NCc2cccc(F)c2)n1. The molecule has 3 N–H and O–H groups in total. The highest BCUT2D eigenvalue weighted by Crippen LogP contribution is 2.19. The van der Waals surface area contributed by atoms with E-state index in [9.17, 15) is 14.0 Å². The first-order valence-corrected chi connectivity index (χ1v) is 11.2. The lowest BCUT2D eigenvalue weighted by Crippen LogP contribution is -2.37. The lowest BCUT2D eigenvalue weighted by atomic mass is 10.2. The Labute approximate surface area is 195 Å². The minimum absolute atomic E-state index is 0.185. The summed E-state index contributed by atoms with van der Waals surface area (Å²) < 4.78 is 24.1. The second-order valence-electron chi connectivity index (χ2n) is 6.99. The lowest BCUT2D eigenvalue weighted by molar-refractivity contribution is -0.128. The van der Waals surface area contributed by atoms with Crippen molar-refractivity contribution in [2.45, 2.75) is 32.5 Å². The third-order valence-electron chi connectivity index (χ3n) is 4.56. The van der Waals surface area contributed by atoms with E-state index in [0.29, 0.717) is 34.3 Å². The topological polar surface area (TPSA) is 102 Å². The Morgan fingerprint density at radius 2 is 1.85 bits per heavy atom. The molecule has 8 nitrogen and oxygen atoms in total. The molecule has 0 aliphatic rings. The zero-order chi connectivity index (χ0) is 23.6. The maximum Gasteiger partial charge on any atom is 0.321 e. The molecule has 0 spiro atoms. The van der Waals surface area contributed by atoms with Gasteiger partial charge in [-0.1, -0.05) is 19.1 Å². The van der Waals surface area contributed by atoms with Crippen LogP contribution in [-0.2, 0) is 17.9 Å². The largest absolute Gasteiger partial charge is 0.497 e. The summed E-state index contributed by atoms with van der Waals surface area (Å²) in [6.07, 6.45) is -0.157. The number of nitrogens with zero attached hydrogens (tertiary/aromatic N) is 1. The van der Waals surface area contributed by atoms with Crippen LogP contribution in [0.15, 0.2) is 53.9 Å². The molecule has 3 amide bonds. The fraction of sp³-hybridized carbons (Fsp3) is 0.261. The molecule has 3 rings (SSSR count). The number of aromatic nitrogens is 1. The van der Waals surface area contributed by atoms with Crippen LogP contribution in [0.3, 0.4) is 0 Å². The Morgan fingerprint density at radius 1 is 1.09 bits per heavy atom. The van der Waals surface area contributed by atoms with Crippen molar-refractivity contribution in [3.8, 4) is 11.5 Å².